The van der Waals surface area contributed by atoms with Crippen LogP contribution in [-0.4, -0.2) is 19.2 Å². The molecule has 2 aromatic heterocycles. The van der Waals surface area contributed by atoms with Crippen LogP contribution in [0.1, 0.15) is 38.1 Å². The van der Waals surface area contributed by atoms with Gasteiger partial charge in [0.2, 0.25) is 5.78 Å². The molecule has 1 aliphatic carbocycles. The Morgan fingerprint density at radius 1 is 1.10 bits per heavy atom. The largest absolute Gasteiger partial charge is 0.273 e. The fourth-order valence-electron chi connectivity index (χ4n) is 3.32. The summed E-state index contributed by atoms with van der Waals surface area (Å²) in [6.07, 6.45) is 7.44. The van der Waals surface area contributed by atoms with E-state index in [0.29, 0.717) is 5.78 Å². The first-order chi connectivity index (χ1) is 9.86. The molecule has 102 valence electrons. The number of aromatic nitrogens is 4. The molecule has 1 saturated carbocycles. The van der Waals surface area contributed by atoms with Gasteiger partial charge in [0.1, 0.15) is 6.33 Å². The van der Waals surface area contributed by atoms with Crippen molar-refractivity contribution >= 4 is 16.7 Å². The molecule has 4 rings (SSSR count). The van der Waals surface area contributed by atoms with Gasteiger partial charge in [0.15, 0.2) is 0 Å². The summed E-state index contributed by atoms with van der Waals surface area (Å²) in [5.74, 6) is 0.667. The molecule has 0 spiro atoms. The lowest BCUT2D eigenvalue weighted by Crippen LogP contribution is -2.28. The number of nitrogens with zero attached hydrogens (tertiary/aromatic N) is 4. The second kappa shape index (κ2) is 4.44. The smallest absolute Gasteiger partial charge is 0.263 e. The number of benzene rings is 1. The Bertz CT molecular complexity index is 827. The van der Waals surface area contributed by atoms with Gasteiger partial charge in [0.25, 0.3) is 5.56 Å². The molecule has 1 fully saturated rings. The van der Waals surface area contributed by atoms with Crippen molar-refractivity contribution in [2.75, 3.05) is 0 Å². The van der Waals surface area contributed by atoms with Crippen molar-refractivity contribution in [1.29, 1.82) is 0 Å². The van der Waals surface area contributed by atoms with Crippen molar-refractivity contribution in [2.24, 2.45) is 0 Å². The van der Waals surface area contributed by atoms with E-state index in [1.165, 1.54) is 19.3 Å². The van der Waals surface area contributed by atoms with Crippen LogP contribution in [0.2, 0.25) is 0 Å². The van der Waals surface area contributed by atoms with E-state index in [-0.39, 0.29) is 11.6 Å². The minimum Gasteiger partial charge on any atom is -0.273 e. The maximum atomic E-state index is 12.8. The number of para-hydroxylation sites is 1. The van der Waals surface area contributed by atoms with E-state index in [1.807, 2.05) is 33.2 Å². The van der Waals surface area contributed by atoms with Gasteiger partial charge in [-0.15, -0.1) is 10.2 Å². The number of rotatable bonds is 1. The molecule has 0 bridgehead atoms. The highest BCUT2D eigenvalue weighted by Crippen LogP contribution is 2.28. The standard InChI is InChI=1S/C15H16N4O/c20-14-12-8-4-5-9-13(12)18-10-16-17-15(18)19(14)11-6-2-1-3-7-11/h4-5,8-11H,1-3,6-7H2. The fourth-order valence-corrected chi connectivity index (χ4v) is 3.32. The van der Waals surface area contributed by atoms with Crippen LogP contribution in [0.4, 0.5) is 0 Å². The lowest BCUT2D eigenvalue weighted by Gasteiger charge is -2.24. The molecule has 3 aromatic rings. The third-order valence-electron chi connectivity index (χ3n) is 4.30. The lowest BCUT2D eigenvalue weighted by atomic mass is 9.95. The van der Waals surface area contributed by atoms with E-state index >= 15 is 0 Å². The quantitative estimate of drug-likeness (QED) is 0.681. The van der Waals surface area contributed by atoms with E-state index < -0.39 is 0 Å². The summed E-state index contributed by atoms with van der Waals surface area (Å²) in [5.41, 5.74) is 0.942. The summed E-state index contributed by atoms with van der Waals surface area (Å²) in [4.78, 5) is 12.8. The van der Waals surface area contributed by atoms with Crippen LogP contribution in [0.3, 0.4) is 0 Å². The first kappa shape index (κ1) is 11.6. The van der Waals surface area contributed by atoms with Crippen molar-refractivity contribution in [3.05, 3.63) is 40.9 Å². The van der Waals surface area contributed by atoms with E-state index in [1.54, 1.807) is 6.33 Å². The zero-order valence-corrected chi connectivity index (χ0v) is 11.2. The second-order valence-electron chi connectivity index (χ2n) is 5.49. The highest BCUT2D eigenvalue weighted by molar-refractivity contribution is 5.80. The van der Waals surface area contributed by atoms with E-state index in [2.05, 4.69) is 10.2 Å². The third-order valence-corrected chi connectivity index (χ3v) is 4.30. The van der Waals surface area contributed by atoms with Crippen LogP contribution in [0.5, 0.6) is 0 Å². The van der Waals surface area contributed by atoms with Crippen LogP contribution in [0, 0.1) is 0 Å². The molecule has 0 saturated heterocycles. The van der Waals surface area contributed by atoms with Gasteiger partial charge in [-0.1, -0.05) is 31.4 Å². The van der Waals surface area contributed by atoms with Crippen LogP contribution in [0.25, 0.3) is 16.7 Å². The number of hydrogen-bond donors (Lipinski definition) is 0. The molecule has 0 aliphatic heterocycles. The summed E-state index contributed by atoms with van der Waals surface area (Å²) in [6.45, 7) is 0. The molecular formula is C15H16N4O. The summed E-state index contributed by atoms with van der Waals surface area (Å²) in [7, 11) is 0. The second-order valence-corrected chi connectivity index (χ2v) is 5.49. The number of fused-ring (bicyclic) bond motifs is 3. The van der Waals surface area contributed by atoms with Gasteiger partial charge in [-0.05, 0) is 25.0 Å². The normalized spacial score (nSPS) is 17.0. The molecular weight excluding hydrogens is 252 g/mol. The van der Waals surface area contributed by atoms with Gasteiger partial charge in [0, 0.05) is 6.04 Å². The molecule has 0 N–H and O–H groups in total. The molecule has 1 aromatic carbocycles. The maximum Gasteiger partial charge on any atom is 0.263 e. The highest BCUT2D eigenvalue weighted by Gasteiger charge is 2.21. The minimum atomic E-state index is 0.0630. The van der Waals surface area contributed by atoms with Gasteiger partial charge >= 0.3 is 0 Å². The van der Waals surface area contributed by atoms with Crippen molar-refractivity contribution in [3.8, 4) is 0 Å². The maximum absolute atomic E-state index is 12.8. The molecule has 2 heterocycles. The molecule has 0 amide bonds. The van der Waals surface area contributed by atoms with Crippen LogP contribution in [0.15, 0.2) is 35.4 Å². The lowest BCUT2D eigenvalue weighted by molar-refractivity contribution is 0.351. The zero-order chi connectivity index (χ0) is 13.5. The monoisotopic (exact) mass is 268 g/mol. The highest BCUT2D eigenvalue weighted by atomic mass is 16.1. The summed E-state index contributed by atoms with van der Waals surface area (Å²) >= 11 is 0. The minimum absolute atomic E-state index is 0.0630. The Morgan fingerprint density at radius 2 is 1.90 bits per heavy atom. The Kier molecular flexibility index (Phi) is 2.58. The first-order valence-corrected chi connectivity index (χ1v) is 7.19. The average Bonchev–Trinajstić information content (AvgIpc) is 2.98. The Morgan fingerprint density at radius 3 is 2.75 bits per heavy atom. The molecule has 5 nitrogen and oxygen atoms in total. The molecule has 5 heteroatoms. The van der Waals surface area contributed by atoms with Crippen molar-refractivity contribution < 1.29 is 0 Å². The van der Waals surface area contributed by atoms with Gasteiger partial charge in [-0.3, -0.25) is 13.8 Å². The average molecular weight is 268 g/mol. The topological polar surface area (TPSA) is 52.2 Å². The van der Waals surface area contributed by atoms with E-state index in [9.17, 15) is 4.79 Å². The van der Waals surface area contributed by atoms with E-state index in [4.69, 9.17) is 0 Å². The van der Waals surface area contributed by atoms with Gasteiger partial charge in [-0.2, -0.15) is 0 Å². The third kappa shape index (κ3) is 1.59. The van der Waals surface area contributed by atoms with Gasteiger partial charge in [0.05, 0.1) is 10.9 Å². The zero-order valence-electron chi connectivity index (χ0n) is 11.2. The SMILES string of the molecule is O=c1c2ccccc2n2cnnc2n1C1CCCCC1. The molecule has 20 heavy (non-hydrogen) atoms. The van der Waals surface area contributed by atoms with Crippen molar-refractivity contribution in [2.45, 2.75) is 38.1 Å². The van der Waals surface area contributed by atoms with E-state index in [0.717, 1.165) is 23.7 Å². The van der Waals surface area contributed by atoms with Crippen molar-refractivity contribution in [1.82, 2.24) is 19.2 Å². The van der Waals surface area contributed by atoms with Crippen molar-refractivity contribution in [3.63, 3.8) is 0 Å². The molecule has 0 unspecified atom stereocenters. The predicted molar refractivity (Wildman–Crippen MR) is 76.9 cm³/mol. The Balaban J connectivity index is 2.09. The predicted octanol–water partition coefficient (Wildman–Crippen LogP) is 2.55. The summed E-state index contributed by atoms with van der Waals surface area (Å²) < 4.78 is 3.78. The summed E-state index contributed by atoms with van der Waals surface area (Å²) in [5, 5.41) is 8.92. The van der Waals surface area contributed by atoms with Gasteiger partial charge < -0.3 is 0 Å². The summed E-state index contributed by atoms with van der Waals surface area (Å²) in [6, 6.07) is 7.93. The molecule has 0 radical (unpaired) electrons. The van der Waals surface area contributed by atoms with Crippen LogP contribution in [-0.2, 0) is 0 Å². The number of hydrogen-bond acceptors (Lipinski definition) is 3. The van der Waals surface area contributed by atoms with Crippen LogP contribution < -0.4 is 5.56 Å². The Hall–Kier alpha value is -2.17. The first-order valence-electron chi connectivity index (χ1n) is 7.19. The molecule has 0 atom stereocenters. The molecule has 1 aliphatic rings. The van der Waals surface area contributed by atoms with Gasteiger partial charge in [-0.25, -0.2) is 0 Å². The Labute approximate surface area is 115 Å². The fraction of sp³-hybridized carbons (Fsp3) is 0.400. The van der Waals surface area contributed by atoms with Crippen LogP contribution >= 0.6 is 0 Å².